The second kappa shape index (κ2) is 14.6. The summed E-state index contributed by atoms with van der Waals surface area (Å²) in [5.74, 6) is 0.347. The van der Waals surface area contributed by atoms with Crippen LogP contribution in [0.25, 0.3) is 11.2 Å². The molecule has 3 fully saturated rings. The number of aliphatic hydroxyl groups excluding tert-OH is 3. The lowest BCUT2D eigenvalue weighted by Gasteiger charge is -2.24. The molecule has 5 amide bonds. The van der Waals surface area contributed by atoms with Crippen LogP contribution in [0.2, 0.25) is 0 Å². The van der Waals surface area contributed by atoms with Crippen molar-refractivity contribution in [1.82, 2.24) is 40.0 Å². The molecule has 274 valence electrons. The van der Waals surface area contributed by atoms with Gasteiger partial charge >= 0.3 is 12.1 Å². The number of carbonyl (C=O) groups excluding carboxylic acids is 3. The van der Waals surface area contributed by atoms with E-state index in [0.29, 0.717) is 48.9 Å². The second-order valence-electron chi connectivity index (χ2n) is 13.6. The SMILES string of the molecule is CN1CC(=O)N([C@H]2C[C@@H](n3cnc4c(N[C@H](CO)Cc5ccccc5)nc(N5CC[C@@H](NC(=O)NCc6cccc(O)c6)C5)nc43)[C@H](O)[C@@H]2O)C1=O. The Bertz CT molecular complexity index is 1940. The molecule has 0 spiro atoms. The molecule has 17 nitrogen and oxygen atoms in total. The third-order valence-corrected chi connectivity index (χ3v) is 9.95. The van der Waals surface area contributed by atoms with E-state index in [1.165, 1.54) is 18.3 Å². The number of aliphatic hydroxyl groups is 3. The Labute approximate surface area is 298 Å². The number of benzene rings is 2. The normalized spacial score (nSPS) is 23.8. The zero-order chi connectivity index (χ0) is 36.5. The van der Waals surface area contributed by atoms with Gasteiger partial charge in [-0.05, 0) is 42.5 Å². The number of fused-ring (bicyclic) bond motifs is 1. The minimum absolute atomic E-state index is 0.0713. The van der Waals surface area contributed by atoms with Crippen LogP contribution in [-0.4, -0.2) is 131 Å². The van der Waals surface area contributed by atoms with Gasteiger partial charge in [0.25, 0.3) is 5.91 Å². The average Bonchev–Trinajstić information content (AvgIpc) is 3.90. The minimum atomic E-state index is -1.39. The van der Waals surface area contributed by atoms with Gasteiger partial charge in [0, 0.05) is 32.7 Å². The monoisotopic (exact) mass is 714 g/mol. The molecule has 7 rings (SSSR count). The predicted molar refractivity (Wildman–Crippen MR) is 188 cm³/mol. The number of rotatable bonds is 11. The fraction of sp³-hybridized carbons (Fsp3) is 0.429. The highest BCUT2D eigenvalue weighted by molar-refractivity contribution is 6.02. The molecular formula is C35H42N10O7. The van der Waals surface area contributed by atoms with E-state index in [4.69, 9.17) is 9.97 Å². The molecule has 7 N–H and O–H groups in total. The number of aromatic hydroxyl groups is 1. The van der Waals surface area contributed by atoms with Crippen molar-refractivity contribution in [3.8, 4) is 5.75 Å². The zero-order valence-electron chi connectivity index (χ0n) is 28.5. The number of phenols is 1. The molecule has 17 heteroatoms. The van der Waals surface area contributed by atoms with Crippen molar-refractivity contribution in [3.05, 3.63) is 72.1 Å². The summed E-state index contributed by atoms with van der Waals surface area (Å²) in [5, 5.41) is 51.6. The quantitative estimate of drug-likeness (QED) is 0.106. The van der Waals surface area contributed by atoms with Gasteiger partial charge in [-0.1, -0.05) is 42.5 Å². The second-order valence-corrected chi connectivity index (χ2v) is 13.6. The van der Waals surface area contributed by atoms with Crippen molar-refractivity contribution in [1.29, 1.82) is 0 Å². The van der Waals surface area contributed by atoms with Gasteiger partial charge < -0.3 is 50.7 Å². The number of urea groups is 2. The van der Waals surface area contributed by atoms with Gasteiger partial charge in [0.05, 0.1) is 31.1 Å². The number of phenolic OH excluding ortho intramolecular Hbond substituents is 1. The number of hydrogen-bond acceptors (Lipinski definition) is 12. The maximum atomic E-state index is 12.8. The van der Waals surface area contributed by atoms with Crippen molar-refractivity contribution in [3.63, 3.8) is 0 Å². The summed E-state index contributed by atoms with van der Waals surface area (Å²) in [5.41, 5.74) is 2.48. The zero-order valence-corrected chi connectivity index (χ0v) is 28.5. The highest BCUT2D eigenvalue weighted by Gasteiger charge is 2.51. The molecule has 52 heavy (non-hydrogen) atoms. The van der Waals surface area contributed by atoms with Crippen molar-refractivity contribution >= 4 is 40.9 Å². The smallest absolute Gasteiger partial charge is 0.327 e. The lowest BCUT2D eigenvalue weighted by Crippen LogP contribution is -2.47. The highest BCUT2D eigenvalue weighted by Crippen LogP contribution is 2.38. The Morgan fingerprint density at radius 2 is 1.79 bits per heavy atom. The van der Waals surface area contributed by atoms with Gasteiger partial charge in [-0.3, -0.25) is 9.69 Å². The Morgan fingerprint density at radius 1 is 1.02 bits per heavy atom. The van der Waals surface area contributed by atoms with E-state index in [9.17, 15) is 34.8 Å². The van der Waals surface area contributed by atoms with Gasteiger partial charge in [-0.2, -0.15) is 9.97 Å². The largest absolute Gasteiger partial charge is 0.508 e. The molecule has 0 unspecified atom stereocenters. The summed E-state index contributed by atoms with van der Waals surface area (Å²) in [4.78, 5) is 56.8. The number of aromatic nitrogens is 4. The van der Waals surface area contributed by atoms with Crippen LogP contribution in [0.3, 0.4) is 0 Å². The van der Waals surface area contributed by atoms with E-state index >= 15 is 0 Å². The molecule has 0 bridgehead atoms. The maximum Gasteiger partial charge on any atom is 0.327 e. The molecule has 2 aliphatic heterocycles. The number of amides is 5. The molecule has 1 aliphatic carbocycles. The maximum absolute atomic E-state index is 12.8. The number of imidazole rings is 1. The molecule has 4 aromatic rings. The highest BCUT2D eigenvalue weighted by atomic mass is 16.3. The molecule has 2 aromatic heterocycles. The summed E-state index contributed by atoms with van der Waals surface area (Å²) >= 11 is 0. The first kappa shape index (κ1) is 34.9. The molecule has 2 saturated heterocycles. The van der Waals surface area contributed by atoms with E-state index in [1.54, 1.807) is 28.8 Å². The van der Waals surface area contributed by atoms with E-state index in [0.717, 1.165) is 16.0 Å². The van der Waals surface area contributed by atoms with Crippen molar-refractivity contribution < 1.29 is 34.8 Å². The summed E-state index contributed by atoms with van der Waals surface area (Å²) in [6.45, 7) is 0.840. The molecule has 4 heterocycles. The Hall–Kier alpha value is -5.52. The van der Waals surface area contributed by atoms with Crippen LogP contribution in [0.5, 0.6) is 5.75 Å². The number of imide groups is 1. The van der Waals surface area contributed by atoms with Crippen LogP contribution >= 0.6 is 0 Å². The molecule has 6 atom stereocenters. The first-order chi connectivity index (χ1) is 25.1. The predicted octanol–water partition coefficient (Wildman–Crippen LogP) is 0.555. The van der Waals surface area contributed by atoms with E-state index in [-0.39, 0.29) is 43.9 Å². The third-order valence-electron chi connectivity index (χ3n) is 9.95. The molecular weight excluding hydrogens is 672 g/mol. The third kappa shape index (κ3) is 7.02. The van der Waals surface area contributed by atoms with Crippen molar-refractivity contribution in [2.45, 2.75) is 62.2 Å². The van der Waals surface area contributed by atoms with Gasteiger partial charge in [0.2, 0.25) is 5.95 Å². The summed E-state index contributed by atoms with van der Waals surface area (Å²) in [6.07, 6.45) is -0.0683. The van der Waals surface area contributed by atoms with E-state index in [1.807, 2.05) is 35.2 Å². The summed E-state index contributed by atoms with van der Waals surface area (Å²) in [7, 11) is 1.51. The van der Waals surface area contributed by atoms with Crippen LogP contribution in [0, 0.1) is 0 Å². The van der Waals surface area contributed by atoms with Crippen molar-refractivity contribution in [2.75, 3.05) is 43.5 Å². The van der Waals surface area contributed by atoms with Gasteiger partial charge in [-0.25, -0.2) is 14.6 Å². The standard InChI is InChI=1S/C35H42N10O7/c1-42-17-27(48)45(35(42)52)26-14-25(29(49)30(26)50)44-19-37-28-31(38-23(18-46)12-20-6-3-2-4-7-20)40-33(41-32(28)44)43-11-10-22(16-43)39-34(51)36-15-21-8-5-9-24(47)13-21/h2-9,13,19,22-23,25-26,29-30,46-47,49-50H,10-12,14-18H2,1H3,(H2,36,39,51)(H,38,40,41)/t22-,23+,25-,26+,29+,30-/m1/s1. The van der Waals surface area contributed by atoms with Crippen LogP contribution < -0.4 is 20.9 Å². The molecule has 3 aliphatic rings. The number of anilines is 2. The lowest BCUT2D eigenvalue weighted by atomic mass is 10.1. The van der Waals surface area contributed by atoms with Crippen LogP contribution in [-0.2, 0) is 17.8 Å². The molecule has 1 saturated carbocycles. The number of hydrogen-bond donors (Lipinski definition) is 7. The van der Waals surface area contributed by atoms with Gasteiger partial charge in [0.1, 0.15) is 24.5 Å². The minimum Gasteiger partial charge on any atom is -0.508 e. The van der Waals surface area contributed by atoms with Crippen LogP contribution in [0.15, 0.2) is 60.9 Å². The molecule has 0 radical (unpaired) electrons. The van der Waals surface area contributed by atoms with Gasteiger partial charge in [-0.15, -0.1) is 0 Å². The number of nitrogens with zero attached hydrogens (tertiary/aromatic N) is 7. The fourth-order valence-electron chi connectivity index (χ4n) is 7.27. The summed E-state index contributed by atoms with van der Waals surface area (Å²) < 4.78 is 1.64. The summed E-state index contributed by atoms with van der Waals surface area (Å²) in [6, 6.07) is 13.1. The van der Waals surface area contributed by atoms with Crippen molar-refractivity contribution in [2.24, 2.45) is 0 Å². The number of likely N-dealkylation sites (N-methyl/N-ethyl adjacent to an activating group) is 1. The van der Waals surface area contributed by atoms with E-state index < -0.39 is 42.3 Å². The fourth-order valence-corrected chi connectivity index (χ4v) is 7.27. The number of nitrogens with one attached hydrogen (secondary N) is 3. The lowest BCUT2D eigenvalue weighted by molar-refractivity contribution is -0.128. The van der Waals surface area contributed by atoms with Crippen LogP contribution in [0.1, 0.15) is 30.0 Å². The first-order valence-corrected chi connectivity index (χ1v) is 17.3. The first-order valence-electron chi connectivity index (χ1n) is 17.3. The molecule has 2 aromatic carbocycles. The number of carbonyl (C=O) groups is 3. The van der Waals surface area contributed by atoms with E-state index in [2.05, 4.69) is 20.9 Å². The van der Waals surface area contributed by atoms with Gasteiger partial charge in [0.15, 0.2) is 17.0 Å². The van der Waals surface area contributed by atoms with Crippen LogP contribution in [0.4, 0.5) is 21.4 Å². The Kier molecular flexibility index (Phi) is 9.81. The Morgan fingerprint density at radius 3 is 2.52 bits per heavy atom. The topological polar surface area (TPSA) is 222 Å². The average molecular weight is 715 g/mol. The Balaban J connectivity index is 1.15.